The van der Waals surface area contributed by atoms with Crippen molar-refractivity contribution in [3.63, 3.8) is 0 Å². The SMILES string of the molecule is CC.Cc1cn(C(C)(C)C(C)(C)Cc2nnc(-c3ccccc3)nn2)nn1. The Labute approximate surface area is 161 Å². The van der Waals surface area contributed by atoms with E-state index in [4.69, 9.17) is 0 Å². The van der Waals surface area contributed by atoms with Crippen LogP contribution >= 0.6 is 0 Å². The molecule has 3 aromatic rings. The summed E-state index contributed by atoms with van der Waals surface area (Å²) >= 11 is 0. The minimum atomic E-state index is -0.268. The lowest BCUT2D eigenvalue weighted by Crippen LogP contribution is -2.44. The molecule has 0 amide bonds. The average molecular weight is 368 g/mol. The van der Waals surface area contributed by atoms with Gasteiger partial charge in [-0.1, -0.05) is 63.2 Å². The molecule has 0 N–H and O–H groups in total. The van der Waals surface area contributed by atoms with Crippen LogP contribution in [-0.2, 0) is 12.0 Å². The van der Waals surface area contributed by atoms with Gasteiger partial charge in [-0.25, -0.2) is 4.68 Å². The van der Waals surface area contributed by atoms with Crippen LogP contribution in [0.1, 0.15) is 53.1 Å². The Morgan fingerprint density at radius 3 is 1.96 bits per heavy atom. The lowest BCUT2D eigenvalue weighted by atomic mass is 9.72. The molecule has 3 rings (SSSR count). The summed E-state index contributed by atoms with van der Waals surface area (Å²) in [7, 11) is 0. The van der Waals surface area contributed by atoms with Crippen LogP contribution in [0.4, 0.5) is 0 Å². The van der Waals surface area contributed by atoms with Gasteiger partial charge in [-0.3, -0.25) is 0 Å². The van der Waals surface area contributed by atoms with Crippen molar-refractivity contribution in [1.29, 1.82) is 0 Å². The fourth-order valence-electron chi connectivity index (χ4n) is 2.57. The zero-order valence-electron chi connectivity index (χ0n) is 17.3. The number of rotatable bonds is 5. The molecule has 144 valence electrons. The molecule has 0 aliphatic rings. The third-order valence-electron chi connectivity index (χ3n) is 4.99. The molecule has 2 heterocycles. The van der Waals surface area contributed by atoms with Crippen LogP contribution in [-0.4, -0.2) is 35.4 Å². The fraction of sp³-hybridized carbons (Fsp3) is 0.500. The van der Waals surface area contributed by atoms with E-state index in [1.165, 1.54) is 0 Å². The van der Waals surface area contributed by atoms with E-state index in [-0.39, 0.29) is 11.0 Å². The first-order valence-electron chi connectivity index (χ1n) is 9.31. The highest BCUT2D eigenvalue weighted by atomic mass is 15.4. The van der Waals surface area contributed by atoms with E-state index in [1.807, 2.05) is 62.0 Å². The smallest absolute Gasteiger partial charge is 0.203 e. The Balaban J connectivity index is 0.00000126. The maximum Gasteiger partial charge on any atom is 0.203 e. The van der Waals surface area contributed by atoms with Crippen LogP contribution in [0, 0.1) is 12.3 Å². The molecule has 0 bridgehead atoms. The van der Waals surface area contributed by atoms with E-state index in [9.17, 15) is 0 Å². The first-order valence-corrected chi connectivity index (χ1v) is 9.31. The third kappa shape index (κ3) is 4.53. The average Bonchev–Trinajstić information content (AvgIpc) is 3.11. The van der Waals surface area contributed by atoms with Crippen molar-refractivity contribution in [3.8, 4) is 11.4 Å². The Morgan fingerprint density at radius 2 is 1.44 bits per heavy atom. The van der Waals surface area contributed by atoms with Crippen molar-refractivity contribution in [3.05, 3.63) is 48.0 Å². The zero-order valence-corrected chi connectivity index (χ0v) is 17.3. The van der Waals surface area contributed by atoms with E-state index < -0.39 is 0 Å². The first kappa shape index (κ1) is 20.6. The summed E-state index contributed by atoms with van der Waals surface area (Å²) in [6, 6.07) is 9.72. The van der Waals surface area contributed by atoms with Gasteiger partial charge in [-0.2, -0.15) is 0 Å². The van der Waals surface area contributed by atoms with Crippen molar-refractivity contribution in [1.82, 2.24) is 35.4 Å². The number of hydrogen-bond donors (Lipinski definition) is 0. The highest BCUT2D eigenvalue weighted by Crippen LogP contribution is 2.38. The molecule has 0 unspecified atom stereocenters. The molecule has 2 aromatic heterocycles. The van der Waals surface area contributed by atoms with Gasteiger partial charge in [0.1, 0.15) is 0 Å². The lowest BCUT2D eigenvalue weighted by Gasteiger charge is -2.40. The van der Waals surface area contributed by atoms with Crippen LogP contribution in [0.3, 0.4) is 0 Å². The summed E-state index contributed by atoms with van der Waals surface area (Å²) in [5.74, 6) is 1.16. The second kappa shape index (κ2) is 8.33. The van der Waals surface area contributed by atoms with Gasteiger partial charge < -0.3 is 0 Å². The second-order valence-corrected chi connectivity index (χ2v) is 7.43. The molecule has 0 saturated carbocycles. The standard InChI is InChI=1S/C18H23N7.C2H6/c1-13-12-25(24-19-13)18(4,5)17(2,3)11-15-20-22-16(23-21-15)14-9-7-6-8-10-14;1-2/h6-10,12H,11H2,1-5H3;1-2H3. The summed E-state index contributed by atoms with van der Waals surface area (Å²) in [4.78, 5) is 0. The topological polar surface area (TPSA) is 82.3 Å². The normalized spacial score (nSPS) is 11.7. The summed E-state index contributed by atoms with van der Waals surface area (Å²) in [5.41, 5.74) is 1.36. The van der Waals surface area contributed by atoms with Gasteiger partial charge in [0, 0.05) is 18.2 Å². The monoisotopic (exact) mass is 367 g/mol. The number of benzene rings is 1. The molecule has 0 aliphatic heterocycles. The largest absolute Gasteiger partial charge is 0.246 e. The maximum absolute atomic E-state index is 4.28. The molecule has 1 aromatic carbocycles. The number of aryl methyl sites for hydroxylation is 1. The van der Waals surface area contributed by atoms with Gasteiger partial charge in [0.15, 0.2) is 5.82 Å². The Morgan fingerprint density at radius 1 is 0.852 bits per heavy atom. The van der Waals surface area contributed by atoms with Crippen LogP contribution in [0.25, 0.3) is 11.4 Å². The molecular weight excluding hydrogens is 338 g/mol. The van der Waals surface area contributed by atoms with Crippen molar-refractivity contribution in [2.75, 3.05) is 0 Å². The van der Waals surface area contributed by atoms with Crippen molar-refractivity contribution < 1.29 is 0 Å². The Hall–Kier alpha value is -2.70. The predicted octanol–water partition coefficient (Wildman–Crippen LogP) is 3.86. The van der Waals surface area contributed by atoms with E-state index in [1.54, 1.807) is 0 Å². The molecule has 0 fully saturated rings. The molecule has 7 nitrogen and oxygen atoms in total. The second-order valence-electron chi connectivity index (χ2n) is 7.43. The quantitative estimate of drug-likeness (QED) is 0.681. The van der Waals surface area contributed by atoms with E-state index in [2.05, 4.69) is 58.4 Å². The van der Waals surface area contributed by atoms with Gasteiger partial charge in [0.2, 0.25) is 5.82 Å². The molecule has 0 saturated heterocycles. The van der Waals surface area contributed by atoms with Crippen molar-refractivity contribution >= 4 is 0 Å². The van der Waals surface area contributed by atoms with Gasteiger partial charge in [0.05, 0.1) is 11.2 Å². The minimum absolute atomic E-state index is 0.176. The van der Waals surface area contributed by atoms with Crippen molar-refractivity contribution in [2.45, 2.75) is 60.4 Å². The summed E-state index contributed by atoms with van der Waals surface area (Å²) < 4.78 is 1.90. The maximum atomic E-state index is 4.28. The number of aromatic nitrogens is 7. The van der Waals surface area contributed by atoms with Crippen LogP contribution in [0.15, 0.2) is 36.5 Å². The van der Waals surface area contributed by atoms with Gasteiger partial charge in [0.25, 0.3) is 0 Å². The van der Waals surface area contributed by atoms with Crippen LogP contribution in [0.5, 0.6) is 0 Å². The zero-order chi connectivity index (χ0) is 20.1. The summed E-state index contributed by atoms with van der Waals surface area (Å²) in [6.07, 6.45) is 2.59. The Kier molecular flexibility index (Phi) is 6.36. The fourth-order valence-corrected chi connectivity index (χ4v) is 2.57. The van der Waals surface area contributed by atoms with Crippen LogP contribution < -0.4 is 0 Å². The van der Waals surface area contributed by atoms with E-state index >= 15 is 0 Å². The third-order valence-corrected chi connectivity index (χ3v) is 4.99. The van der Waals surface area contributed by atoms with E-state index in [0.29, 0.717) is 18.1 Å². The van der Waals surface area contributed by atoms with Crippen molar-refractivity contribution in [2.24, 2.45) is 5.41 Å². The summed E-state index contributed by atoms with van der Waals surface area (Å²) in [5, 5.41) is 25.4. The molecule has 0 atom stereocenters. The minimum Gasteiger partial charge on any atom is -0.246 e. The molecule has 0 radical (unpaired) electrons. The number of nitrogens with zero attached hydrogens (tertiary/aromatic N) is 7. The first-order chi connectivity index (χ1) is 12.8. The molecule has 27 heavy (non-hydrogen) atoms. The summed E-state index contributed by atoms with van der Waals surface area (Å²) in [6.45, 7) is 14.5. The van der Waals surface area contributed by atoms with E-state index in [0.717, 1.165) is 11.3 Å². The lowest BCUT2D eigenvalue weighted by molar-refractivity contribution is 0.0984. The highest BCUT2D eigenvalue weighted by molar-refractivity contribution is 5.52. The predicted molar refractivity (Wildman–Crippen MR) is 106 cm³/mol. The van der Waals surface area contributed by atoms with Crippen LogP contribution in [0.2, 0.25) is 0 Å². The molecule has 0 aliphatic carbocycles. The number of hydrogen-bond acceptors (Lipinski definition) is 6. The van der Waals surface area contributed by atoms with Gasteiger partial charge in [-0.15, -0.1) is 25.5 Å². The van der Waals surface area contributed by atoms with Gasteiger partial charge >= 0.3 is 0 Å². The highest BCUT2D eigenvalue weighted by Gasteiger charge is 2.40. The molecule has 7 heteroatoms. The Bertz CT molecular complexity index is 836. The molecule has 0 spiro atoms. The van der Waals surface area contributed by atoms with Gasteiger partial charge in [-0.05, 0) is 26.2 Å². The molecular formula is C20H29N7.